The number of esters is 1. The average Bonchev–Trinajstić information content (AvgIpc) is 2.76. The van der Waals surface area contributed by atoms with Crippen LogP contribution in [-0.2, 0) is 4.79 Å². The van der Waals surface area contributed by atoms with Gasteiger partial charge in [0.05, 0.1) is 16.8 Å². The molecule has 0 fully saturated rings. The maximum absolute atomic E-state index is 13.6. The van der Waals surface area contributed by atoms with Crippen LogP contribution >= 0.6 is 23.2 Å². The Balaban J connectivity index is 1.49. The van der Waals surface area contributed by atoms with Gasteiger partial charge < -0.3 is 9.47 Å². The van der Waals surface area contributed by atoms with E-state index in [0.29, 0.717) is 10.6 Å². The first-order valence-electron chi connectivity index (χ1n) is 8.89. The summed E-state index contributed by atoms with van der Waals surface area (Å²) in [7, 11) is 0. The van der Waals surface area contributed by atoms with Crippen LogP contribution in [-0.4, -0.2) is 24.7 Å². The molecule has 1 N–H and O–H groups in total. The summed E-state index contributed by atoms with van der Waals surface area (Å²) in [6.07, 6.45) is 1.40. The fourth-order valence-corrected chi connectivity index (χ4v) is 2.71. The highest BCUT2D eigenvalue weighted by Gasteiger charge is 2.13. The molecule has 158 valence electrons. The number of amides is 1. The summed E-state index contributed by atoms with van der Waals surface area (Å²) in [5.41, 5.74) is 2.79. The number of carbonyl (C=O) groups is 2. The SMILES string of the molecule is O=C(COc1cccc(Cl)c1Cl)N/N=C\c1ccc(OC(=O)c2ccccc2F)cc1. The molecule has 3 aromatic carbocycles. The van der Waals surface area contributed by atoms with E-state index in [1.54, 1.807) is 36.4 Å². The first-order chi connectivity index (χ1) is 14.9. The molecule has 0 radical (unpaired) electrons. The molecule has 0 atom stereocenters. The number of benzene rings is 3. The lowest BCUT2D eigenvalue weighted by molar-refractivity contribution is -0.123. The number of ether oxygens (including phenoxy) is 2. The van der Waals surface area contributed by atoms with Crippen molar-refractivity contribution in [2.24, 2.45) is 5.10 Å². The van der Waals surface area contributed by atoms with Crippen LogP contribution in [0.15, 0.2) is 71.8 Å². The van der Waals surface area contributed by atoms with Crippen LogP contribution in [0.1, 0.15) is 15.9 Å². The van der Waals surface area contributed by atoms with Crippen LogP contribution in [0.25, 0.3) is 0 Å². The van der Waals surface area contributed by atoms with Gasteiger partial charge in [0.25, 0.3) is 5.91 Å². The molecule has 0 heterocycles. The van der Waals surface area contributed by atoms with Gasteiger partial charge in [-0.05, 0) is 54.1 Å². The van der Waals surface area contributed by atoms with E-state index in [1.165, 1.54) is 36.5 Å². The lowest BCUT2D eigenvalue weighted by atomic mass is 10.2. The second-order valence-corrected chi connectivity index (χ2v) is 6.86. The molecular formula is C22H15Cl2FN2O4. The maximum Gasteiger partial charge on any atom is 0.346 e. The molecule has 0 aliphatic rings. The Kier molecular flexibility index (Phi) is 7.59. The van der Waals surface area contributed by atoms with E-state index in [4.69, 9.17) is 32.7 Å². The van der Waals surface area contributed by atoms with Gasteiger partial charge in [0.2, 0.25) is 0 Å². The Morgan fingerprint density at radius 2 is 1.74 bits per heavy atom. The van der Waals surface area contributed by atoms with Crippen molar-refractivity contribution < 1.29 is 23.5 Å². The summed E-state index contributed by atoms with van der Waals surface area (Å²) in [4.78, 5) is 23.8. The number of hydrogen-bond acceptors (Lipinski definition) is 5. The normalized spacial score (nSPS) is 10.7. The number of carbonyl (C=O) groups excluding carboxylic acids is 2. The van der Waals surface area contributed by atoms with Crippen LogP contribution in [0.4, 0.5) is 4.39 Å². The summed E-state index contributed by atoms with van der Waals surface area (Å²) in [6, 6.07) is 16.7. The first-order valence-corrected chi connectivity index (χ1v) is 9.65. The summed E-state index contributed by atoms with van der Waals surface area (Å²) < 4.78 is 24.1. The quantitative estimate of drug-likeness (QED) is 0.236. The minimum absolute atomic E-state index is 0.155. The molecule has 6 nitrogen and oxygen atoms in total. The molecule has 31 heavy (non-hydrogen) atoms. The molecule has 0 spiro atoms. The third-order valence-corrected chi connectivity index (χ3v) is 4.66. The van der Waals surface area contributed by atoms with Crippen molar-refractivity contribution in [1.82, 2.24) is 5.43 Å². The zero-order valence-electron chi connectivity index (χ0n) is 15.8. The van der Waals surface area contributed by atoms with Gasteiger partial charge in [0.1, 0.15) is 22.3 Å². The number of hydrazone groups is 1. The maximum atomic E-state index is 13.6. The Bertz CT molecular complexity index is 1120. The molecule has 0 bridgehead atoms. The fourth-order valence-electron chi connectivity index (χ4n) is 2.36. The molecule has 0 aliphatic carbocycles. The van der Waals surface area contributed by atoms with Crippen LogP contribution in [0.5, 0.6) is 11.5 Å². The standard InChI is InChI=1S/C22H15Cl2FN2O4/c23-17-5-3-7-19(21(17)24)30-13-20(28)27-26-12-14-8-10-15(11-9-14)31-22(29)16-4-1-2-6-18(16)25/h1-12H,13H2,(H,27,28)/b26-12-. The average molecular weight is 461 g/mol. The highest BCUT2D eigenvalue weighted by molar-refractivity contribution is 6.42. The van der Waals surface area contributed by atoms with Crippen molar-refractivity contribution >= 4 is 41.3 Å². The van der Waals surface area contributed by atoms with Crippen LogP contribution in [0.2, 0.25) is 10.0 Å². The van der Waals surface area contributed by atoms with E-state index in [-0.39, 0.29) is 28.7 Å². The second-order valence-electron chi connectivity index (χ2n) is 6.07. The van der Waals surface area contributed by atoms with E-state index in [2.05, 4.69) is 10.5 Å². The highest BCUT2D eigenvalue weighted by Crippen LogP contribution is 2.31. The Hall–Kier alpha value is -3.42. The zero-order valence-corrected chi connectivity index (χ0v) is 17.4. The lowest BCUT2D eigenvalue weighted by Gasteiger charge is -2.07. The van der Waals surface area contributed by atoms with Gasteiger partial charge in [-0.3, -0.25) is 4.79 Å². The minimum Gasteiger partial charge on any atom is -0.482 e. The van der Waals surface area contributed by atoms with Gasteiger partial charge in [-0.25, -0.2) is 14.6 Å². The molecule has 0 saturated heterocycles. The van der Waals surface area contributed by atoms with E-state index >= 15 is 0 Å². The van der Waals surface area contributed by atoms with E-state index < -0.39 is 17.7 Å². The monoisotopic (exact) mass is 460 g/mol. The summed E-state index contributed by atoms with van der Waals surface area (Å²) >= 11 is 11.9. The second kappa shape index (κ2) is 10.6. The fraction of sp³-hybridized carbons (Fsp3) is 0.0455. The largest absolute Gasteiger partial charge is 0.482 e. The van der Waals surface area contributed by atoms with Gasteiger partial charge in [-0.15, -0.1) is 0 Å². The van der Waals surface area contributed by atoms with Crippen LogP contribution < -0.4 is 14.9 Å². The molecule has 0 aliphatic heterocycles. The lowest BCUT2D eigenvalue weighted by Crippen LogP contribution is -2.24. The minimum atomic E-state index is -0.799. The molecule has 9 heteroatoms. The van der Waals surface area contributed by atoms with Crippen molar-refractivity contribution in [3.8, 4) is 11.5 Å². The molecule has 0 saturated carbocycles. The third kappa shape index (κ3) is 6.28. The van der Waals surface area contributed by atoms with Crippen molar-refractivity contribution in [2.45, 2.75) is 0 Å². The molecule has 3 rings (SSSR count). The molecule has 1 amide bonds. The van der Waals surface area contributed by atoms with Crippen molar-refractivity contribution in [1.29, 1.82) is 0 Å². The predicted octanol–water partition coefficient (Wildman–Crippen LogP) is 4.88. The van der Waals surface area contributed by atoms with Gasteiger partial charge in [0, 0.05) is 0 Å². The summed E-state index contributed by atoms with van der Waals surface area (Å²) in [5.74, 6) is -1.43. The van der Waals surface area contributed by atoms with Crippen LogP contribution in [0.3, 0.4) is 0 Å². The van der Waals surface area contributed by atoms with Crippen molar-refractivity contribution in [3.63, 3.8) is 0 Å². The molecule has 0 unspecified atom stereocenters. The van der Waals surface area contributed by atoms with Gasteiger partial charge in [0.15, 0.2) is 6.61 Å². The Morgan fingerprint density at radius 1 is 1.00 bits per heavy atom. The number of hydrogen-bond donors (Lipinski definition) is 1. The Labute approximate surface area is 187 Å². The van der Waals surface area contributed by atoms with Crippen molar-refractivity contribution in [3.05, 3.63) is 93.7 Å². The van der Waals surface area contributed by atoms with E-state index in [0.717, 1.165) is 0 Å². The predicted molar refractivity (Wildman–Crippen MR) is 115 cm³/mol. The zero-order chi connectivity index (χ0) is 22.2. The first kappa shape index (κ1) is 22.3. The van der Waals surface area contributed by atoms with E-state index in [9.17, 15) is 14.0 Å². The van der Waals surface area contributed by atoms with Crippen LogP contribution in [0, 0.1) is 5.82 Å². The van der Waals surface area contributed by atoms with Gasteiger partial charge in [-0.2, -0.15) is 5.10 Å². The van der Waals surface area contributed by atoms with Crippen molar-refractivity contribution in [2.75, 3.05) is 6.61 Å². The summed E-state index contributed by atoms with van der Waals surface area (Å²) in [5, 5.41) is 4.36. The van der Waals surface area contributed by atoms with Gasteiger partial charge >= 0.3 is 5.97 Å². The summed E-state index contributed by atoms with van der Waals surface area (Å²) in [6.45, 7) is -0.303. The topological polar surface area (TPSA) is 77.0 Å². The molecular weight excluding hydrogens is 446 g/mol. The molecule has 3 aromatic rings. The number of nitrogens with one attached hydrogen (secondary N) is 1. The smallest absolute Gasteiger partial charge is 0.346 e. The van der Waals surface area contributed by atoms with E-state index in [1.807, 2.05) is 0 Å². The Morgan fingerprint density at radius 3 is 2.48 bits per heavy atom. The number of halogens is 3. The highest BCUT2D eigenvalue weighted by atomic mass is 35.5. The van der Waals surface area contributed by atoms with Gasteiger partial charge in [-0.1, -0.05) is 41.4 Å². The third-order valence-electron chi connectivity index (χ3n) is 3.86. The number of nitrogens with zero attached hydrogens (tertiary/aromatic N) is 1. The molecule has 0 aromatic heterocycles. The number of rotatable bonds is 7.